The van der Waals surface area contributed by atoms with Gasteiger partial charge in [-0.05, 0) is 24.3 Å². The van der Waals surface area contributed by atoms with Gasteiger partial charge in [0.05, 0.1) is 18.3 Å². The van der Waals surface area contributed by atoms with Gasteiger partial charge in [-0.2, -0.15) is 15.0 Å². The lowest BCUT2D eigenvalue weighted by molar-refractivity contribution is 0.379. The number of anilines is 3. The number of hydrogen-bond acceptors (Lipinski definition) is 7. The van der Waals surface area contributed by atoms with Gasteiger partial charge in [0.2, 0.25) is 11.9 Å². The summed E-state index contributed by atoms with van der Waals surface area (Å²) in [5, 5.41) is 7.04. The molecule has 2 N–H and O–H groups in total. The first-order chi connectivity index (χ1) is 10.3. The molecule has 0 radical (unpaired) electrons. The van der Waals surface area contributed by atoms with Gasteiger partial charge < -0.3 is 15.4 Å². The molecule has 21 heavy (non-hydrogen) atoms. The number of fused-ring (bicyclic) bond motifs is 1. The molecule has 2 heterocycles. The van der Waals surface area contributed by atoms with E-state index in [1.807, 2.05) is 30.3 Å². The molecule has 0 saturated carbocycles. The van der Waals surface area contributed by atoms with E-state index >= 15 is 0 Å². The maximum absolute atomic E-state index is 5.07. The van der Waals surface area contributed by atoms with Gasteiger partial charge >= 0.3 is 6.01 Å². The molecular weight excluding hydrogens is 268 g/mol. The summed E-state index contributed by atoms with van der Waals surface area (Å²) < 4.78 is 5.07. The molecule has 7 nitrogen and oxygen atoms in total. The average molecular weight is 282 g/mol. The normalized spacial score (nSPS) is 10.4. The van der Waals surface area contributed by atoms with E-state index in [0.29, 0.717) is 11.9 Å². The molecule has 3 aromatic rings. The summed E-state index contributed by atoms with van der Waals surface area (Å²) >= 11 is 0. The summed E-state index contributed by atoms with van der Waals surface area (Å²) in [6.07, 6.45) is 1.76. The van der Waals surface area contributed by atoms with Crippen LogP contribution in [-0.4, -0.2) is 34.1 Å². The monoisotopic (exact) mass is 282 g/mol. The molecule has 0 aliphatic rings. The smallest absolute Gasteiger partial charge is 0.322 e. The molecule has 0 bridgehead atoms. The summed E-state index contributed by atoms with van der Waals surface area (Å²) in [5.41, 5.74) is 1.77. The van der Waals surface area contributed by atoms with Crippen LogP contribution in [-0.2, 0) is 0 Å². The quantitative estimate of drug-likeness (QED) is 0.758. The number of benzene rings is 1. The van der Waals surface area contributed by atoms with Crippen LogP contribution >= 0.6 is 0 Å². The van der Waals surface area contributed by atoms with E-state index in [1.54, 1.807) is 13.2 Å². The van der Waals surface area contributed by atoms with Gasteiger partial charge in [-0.15, -0.1) is 0 Å². The van der Waals surface area contributed by atoms with Crippen molar-refractivity contribution in [1.82, 2.24) is 19.9 Å². The lowest BCUT2D eigenvalue weighted by atomic mass is 10.2. The van der Waals surface area contributed by atoms with Gasteiger partial charge in [0.25, 0.3) is 0 Å². The van der Waals surface area contributed by atoms with Crippen LogP contribution in [0, 0.1) is 0 Å². The molecule has 0 spiro atoms. The Kier molecular flexibility index (Phi) is 3.46. The Morgan fingerprint density at radius 1 is 1.00 bits per heavy atom. The number of aromatic nitrogens is 4. The van der Waals surface area contributed by atoms with Crippen molar-refractivity contribution in [1.29, 1.82) is 0 Å². The number of methoxy groups -OCH3 is 1. The predicted octanol–water partition coefficient (Wildman–Crippen LogP) is 2.21. The minimum absolute atomic E-state index is 0.246. The number of ether oxygens (including phenoxy) is 1. The van der Waals surface area contributed by atoms with Crippen molar-refractivity contribution in [3.8, 4) is 6.01 Å². The fraction of sp³-hybridized carbons (Fsp3) is 0.143. The van der Waals surface area contributed by atoms with E-state index in [4.69, 9.17) is 4.74 Å². The second-order valence-corrected chi connectivity index (χ2v) is 4.22. The topological polar surface area (TPSA) is 84.9 Å². The third-order valence-electron chi connectivity index (χ3n) is 2.91. The molecule has 0 saturated heterocycles. The van der Waals surface area contributed by atoms with Gasteiger partial charge in [-0.1, -0.05) is 6.07 Å². The zero-order chi connectivity index (χ0) is 14.7. The van der Waals surface area contributed by atoms with Crippen LogP contribution in [0.4, 0.5) is 17.6 Å². The Morgan fingerprint density at radius 2 is 1.86 bits per heavy atom. The zero-order valence-corrected chi connectivity index (χ0v) is 11.7. The first kappa shape index (κ1) is 13.0. The zero-order valence-electron chi connectivity index (χ0n) is 11.7. The van der Waals surface area contributed by atoms with Crippen LogP contribution in [0.5, 0.6) is 6.01 Å². The highest BCUT2D eigenvalue weighted by atomic mass is 16.5. The molecule has 0 aliphatic carbocycles. The predicted molar refractivity (Wildman–Crippen MR) is 81.0 cm³/mol. The lowest BCUT2D eigenvalue weighted by Crippen LogP contribution is -2.05. The Hall–Kier alpha value is -2.96. The van der Waals surface area contributed by atoms with Gasteiger partial charge in [-0.25, -0.2) is 0 Å². The molecule has 2 aromatic heterocycles. The molecule has 1 aromatic carbocycles. The second-order valence-electron chi connectivity index (χ2n) is 4.22. The fourth-order valence-electron chi connectivity index (χ4n) is 1.95. The van der Waals surface area contributed by atoms with E-state index in [2.05, 4.69) is 30.6 Å². The van der Waals surface area contributed by atoms with Crippen LogP contribution in [0.15, 0.2) is 36.5 Å². The summed E-state index contributed by atoms with van der Waals surface area (Å²) in [4.78, 5) is 16.8. The number of nitrogens with one attached hydrogen (secondary N) is 2. The summed E-state index contributed by atoms with van der Waals surface area (Å²) in [6.45, 7) is 0. The Bertz CT molecular complexity index is 749. The molecule has 0 amide bonds. The largest absolute Gasteiger partial charge is 0.467 e. The number of hydrogen-bond donors (Lipinski definition) is 2. The van der Waals surface area contributed by atoms with E-state index in [0.717, 1.165) is 16.6 Å². The molecule has 7 heteroatoms. The van der Waals surface area contributed by atoms with Gasteiger partial charge in [0, 0.05) is 18.6 Å². The molecule has 0 fully saturated rings. The first-order valence-electron chi connectivity index (χ1n) is 6.39. The lowest BCUT2D eigenvalue weighted by Gasteiger charge is -2.09. The number of pyridine rings is 1. The van der Waals surface area contributed by atoms with Crippen LogP contribution in [0.2, 0.25) is 0 Å². The Balaban J connectivity index is 2.02. The standard InChI is InChI=1S/C14H14N6O/c1-15-12-18-13(20-14(19-12)21-2)17-11-7-3-6-10-9(11)5-4-8-16-10/h3-8H,1-2H3,(H2,15,17,18,19,20). The van der Waals surface area contributed by atoms with Crippen molar-refractivity contribution < 1.29 is 4.74 Å². The highest BCUT2D eigenvalue weighted by Crippen LogP contribution is 2.24. The number of rotatable bonds is 4. The van der Waals surface area contributed by atoms with Gasteiger partial charge in [-0.3, -0.25) is 4.98 Å². The van der Waals surface area contributed by atoms with Crippen LogP contribution in [0.3, 0.4) is 0 Å². The SMILES string of the molecule is CNc1nc(Nc2cccc3ncccc23)nc(OC)n1. The van der Waals surface area contributed by atoms with Crippen molar-refractivity contribution >= 4 is 28.5 Å². The third-order valence-corrected chi connectivity index (χ3v) is 2.91. The van der Waals surface area contributed by atoms with Crippen LogP contribution in [0.1, 0.15) is 0 Å². The summed E-state index contributed by atoms with van der Waals surface area (Å²) in [6, 6.07) is 9.94. The Labute approximate surface area is 121 Å². The summed E-state index contributed by atoms with van der Waals surface area (Å²) in [7, 11) is 3.25. The summed E-state index contributed by atoms with van der Waals surface area (Å²) in [5.74, 6) is 0.838. The van der Waals surface area contributed by atoms with Crippen molar-refractivity contribution in [2.45, 2.75) is 0 Å². The van der Waals surface area contributed by atoms with Crippen molar-refractivity contribution in [2.75, 3.05) is 24.8 Å². The van der Waals surface area contributed by atoms with E-state index < -0.39 is 0 Å². The minimum atomic E-state index is 0.246. The highest BCUT2D eigenvalue weighted by Gasteiger charge is 2.08. The van der Waals surface area contributed by atoms with E-state index in [1.165, 1.54) is 7.11 Å². The van der Waals surface area contributed by atoms with Gasteiger partial charge in [0.15, 0.2) is 0 Å². The van der Waals surface area contributed by atoms with E-state index in [-0.39, 0.29) is 6.01 Å². The fourth-order valence-corrected chi connectivity index (χ4v) is 1.95. The van der Waals surface area contributed by atoms with E-state index in [9.17, 15) is 0 Å². The third kappa shape index (κ3) is 2.66. The molecular formula is C14H14N6O. The highest BCUT2D eigenvalue weighted by molar-refractivity contribution is 5.92. The van der Waals surface area contributed by atoms with Crippen molar-refractivity contribution in [2.24, 2.45) is 0 Å². The van der Waals surface area contributed by atoms with Crippen LogP contribution < -0.4 is 15.4 Å². The van der Waals surface area contributed by atoms with Gasteiger partial charge in [0.1, 0.15) is 0 Å². The minimum Gasteiger partial charge on any atom is -0.467 e. The maximum Gasteiger partial charge on any atom is 0.322 e. The molecule has 3 rings (SSSR count). The average Bonchev–Trinajstić information content (AvgIpc) is 2.55. The van der Waals surface area contributed by atoms with Crippen LogP contribution in [0.25, 0.3) is 10.9 Å². The van der Waals surface area contributed by atoms with Crippen molar-refractivity contribution in [3.63, 3.8) is 0 Å². The van der Waals surface area contributed by atoms with Crippen molar-refractivity contribution in [3.05, 3.63) is 36.5 Å². The molecule has 0 unspecified atom stereocenters. The second kappa shape index (κ2) is 5.58. The number of nitrogens with zero attached hydrogens (tertiary/aromatic N) is 4. The molecule has 0 atom stereocenters. The molecule has 0 aliphatic heterocycles. The maximum atomic E-state index is 5.07. The Morgan fingerprint density at radius 3 is 2.67 bits per heavy atom. The molecule has 106 valence electrons. The first-order valence-corrected chi connectivity index (χ1v) is 6.39.